The number of hydrogen-bond acceptors (Lipinski definition) is 6. The van der Waals surface area contributed by atoms with E-state index in [9.17, 15) is 13.6 Å². The molecule has 0 amide bonds. The summed E-state index contributed by atoms with van der Waals surface area (Å²) in [5, 5.41) is 4.04. The van der Waals surface area contributed by atoms with Gasteiger partial charge in [-0.3, -0.25) is 0 Å². The molecule has 0 N–H and O–H groups in total. The lowest BCUT2D eigenvalue weighted by molar-refractivity contribution is -0.129. The molecule has 3 aromatic rings. The first-order valence-corrected chi connectivity index (χ1v) is 8.11. The Hall–Kier alpha value is -3.88. The van der Waals surface area contributed by atoms with E-state index in [4.69, 9.17) is 4.74 Å². The molecule has 140 valence electrons. The van der Waals surface area contributed by atoms with Crippen LogP contribution in [-0.4, -0.2) is 33.2 Å². The van der Waals surface area contributed by atoms with Crippen LogP contribution in [0.4, 0.5) is 8.78 Å². The number of nitrogens with zero attached hydrogens (tertiary/aromatic N) is 4. The van der Waals surface area contributed by atoms with Crippen molar-refractivity contribution in [3.05, 3.63) is 78.0 Å². The second-order valence-corrected chi connectivity index (χ2v) is 5.67. The molecule has 0 aliphatic carbocycles. The smallest absolute Gasteiger partial charge is 0.387 e. The van der Waals surface area contributed by atoms with E-state index in [1.807, 2.05) is 12.1 Å². The molecule has 2 heterocycles. The van der Waals surface area contributed by atoms with Crippen LogP contribution >= 0.6 is 0 Å². The van der Waals surface area contributed by atoms with Crippen molar-refractivity contribution >= 4 is 17.9 Å². The van der Waals surface area contributed by atoms with E-state index in [-0.39, 0.29) is 17.3 Å². The molecule has 0 spiro atoms. The van der Waals surface area contributed by atoms with Crippen LogP contribution in [0.3, 0.4) is 0 Å². The van der Waals surface area contributed by atoms with E-state index in [1.165, 1.54) is 30.6 Å². The van der Waals surface area contributed by atoms with Gasteiger partial charge < -0.3 is 9.47 Å². The van der Waals surface area contributed by atoms with Gasteiger partial charge in [-0.25, -0.2) is 19.5 Å². The summed E-state index contributed by atoms with van der Waals surface area (Å²) in [7, 11) is 0. The second kappa shape index (κ2) is 7.39. The topological polar surface area (TPSA) is 78.6 Å². The van der Waals surface area contributed by atoms with E-state index < -0.39 is 12.6 Å². The van der Waals surface area contributed by atoms with Crippen molar-refractivity contribution in [2.45, 2.75) is 6.61 Å². The molecule has 1 aliphatic rings. The number of carbonyl (C=O) groups is 1. The first-order chi connectivity index (χ1) is 13.6. The number of cyclic esters (lactones) is 1. The van der Waals surface area contributed by atoms with Gasteiger partial charge in [0.1, 0.15) is 18.4 Å². The van der Waals surface area contributed by atoms with Crippen LogP contribution in [0.25, 0.3) is 11.8 Å². The number of benzene rings is 2. The summed E-state index contributed by atoms with van der Waals surface area (Å²) in [6, 6.07) is 12.9. The monoisotopic (exact) mass is 382 g/mol. The first-order valence-electron chi connectivity index (χ1n) is 8.11. The maximum absolute atomic E-state index is 12.2. The van der Waals surface area contributed by atoms with E-state index in [2.05, 4.69) is 19.8 Å². The molecular weight excluding hydrogens is 370 g/mol. The fraction of sp³-hybridized carbons (Fsp3) is 0.0526. The summed E-state index contributed by atoms with van der Waals surface area (Å²) in [5.74, 6) is -0.491. The lowest BCUT2D eigenvalue weighted by atomic mass is 10.2. The molecule has 28 heavy (non-hydrogen) atoms. The molecule has 0 bridgehead atoms. The van der Waals surface area contributed by atoms with Crippen molar-refractivity contribution in [3.8, 4) is 11.4 Å². The lowest BCUT2D eigenvalue weighted by Gasteiger charge is -2.04. The van der Waals surface area contributed by atoms with Crippen LogP contribution < -0.4 is 4.74 Å². The van der Waals surface area contributed by atoms with Gasteiger partial charge in [0.25, 0.3) is 0 Å². The Kier molecular flexibility index (Phi) is 4.63. The van der Waals surface area contributed by atoms with Gasteiger partial charge in [0.15, 0.2) is 5.70 Å². The van der Waals surface area contributed by atoms with Gasteiger partial charge in [-0.05, 0) is 48.0 Å². The van der Waals surface area contributed by atoms with Gasteiger partial charge >= 0.3 is 12.6 Å². The molecule has 0 atom stereocenters. The van der Waals surface area contributed by atoms with Gasteiger partial charge in [0, 0.05) is 5.56 Å². The van der Waals surface area contributed by atoms with Crippen molar-refractivity contribution in [2.24, 2.45) is 4.99 Å². The molecule has 4 rings (SSSR count). The zero-order chi connectivity index (χ0) is 19.5. The Morgan fingerprint density at radius 2 is 1.82 bits per heavy atom. The molecule has 0 radical (unpaired) electrons. The third-order valence-corrected chi connectivity index (χ3v) is 3.83. The molecule has 1 aromatic heterocycles. The molecule has 7 nitrogen and oxygen atoms in total. The summed E-state index contributed by atoms with van der Waals surface area (Å²) in [4.78, 5) is 20.2. The minimum absolute atomic E-state index is 0.00640. The Balaban J connectivity index is 1.53. The highest BCUT2D eigenvalue weighted by molar-refractivity contribution is 6.12. The van der Waals surface area contributed by atoms with Crippen LogP contribution in [0.5, 0.6) is 5.75 Å². The number of halogens is 2. The minimum atomic E-state index is -2.90. The molecular formula is C19H12F2N4O3. The molecule has 0 unspecified atom stereocenters. The lowest BCUT2D eigenvalue weighted by Crippen LogP contribution is -2.06. The van der Waals surface area contributed by atoms with Gasteiger partial charge in [-0.2, -0.15) is 13.9 Å². The number of ether oxygens (including phenoxy) is 2. The van der Waals surface area contributed by atoms with Crippen molar-refractivity contribution in [1.82, 2.24) is 14.8 Å². The number of rotatable bonds is 5. The first kappa shape index (κ1) is 17.5. The zero-order valence-electron chi connectivity index (χ0n) is 14.2. The quantitative estimate of drug-likeness (QED) is 0.500. The van der Waals surface area contributed by atoms with Crippen LogP contribution in [0.2, 0.25) is 0 Å². The van der Waals surface area contributed by atoms with E-state index in [0.29, 0.717) is 5.56 Å². The number of hydrogen-bond donors (Lipinski definition) is 0. The highest BCUT2D eigenvalue weighted by Crippen LogP contribution is 2.22. The summed E-state index contributed by atoms with van der Waals surface area (Å²) in [6.07, 6.45) is 4.61. The van der Waals surface area contributed by atoms with Crippen molar-refractivity contribution in [2.75, 3.05) is 0 Å². The van der Waals surface area contributed by atoms with Crippen molar-refractivity contribution < 1.29 is 23.0 Å². The Labute approximate surface area is 157 Å². The highest BCUT2D eigenvalue weighted by atomic mass is 19.3. The summed E-state index contributed by atoms with van der Waals surface area (Å²) >= 11 is 0. The third-order valence-electron chi connectivity index (χ3n) is 3.83. The number of carbonyl (C=O) groups excluding carboxylic acids is 1. The predicted octanol–water partition coefficient (Wildman–Crippen LogP) is 3.21. The molecule has 9 heteroatoms. The van der Waals surface area contributed by atoms with Crippen molar-refractivity contribution in [1.29, 1.82) is 0 Å². The normalized spacial score (nSPS) is 15.0. The van der Waals surface area contributed by atoms with Crippen LogP contribution in [0.15, 0.2) is 71.9 Å². The molecule has 1 aliphatic heterocycles. The molecule has 2 aromatic carbocycles. The molecule has 0 saturated heterocycles. The van der Waals surface area contributed by atoms with E-state index in [1.54, 1.807) is 29.2 Å². The zero-order valence-corrected chi connectivity index (χ0v) is 14.2. The van der Waals surface area contributed by atoms with E-state index >= 15 is 0 Å². The van der Waals surface area contributed by atoms with E-state index in [0.717, 1.165) is 11.3 Å². The summed E-state index contributed by atoms with van der Waals surface area (Å²) < 4.78 is 35.5. The minimum Gasteiger partial charge on any atom is -0.435 e. The number of aromatic nitrogens is 3. The maximum Gasteiger partial charge on any atom is 0.387 e. The summed E-state index contributed by atoms with van der Waals surface area (Å²) in [5.41, 5.74) is 2.18. The fourth-order valence-electron chi connectivity index (χ4n) is 2.53. The summed E-state index contributed by atoms with van der Waals surface area (Å²) in [6.45, 7) is -2.90. The average Bonchev–Trinajstić information content (AvgIpc) is 3.33. The average molecular weight is 382 g/mol. The highest BCUT2D eigenvalue weighted by Gasteiger charge is 2.24. The fourth-order valence-corrected chi connectivity index (χ4v) is 2.53. The van der Waals surface area contributed by atoms with Gasteiger partial charge in [-0.1, -0.05) is 12.1 Å². The van der Waals surface area contributed by atoms with Gasteiger partial charge in [-0.15, -0.1) is 0 Å². The standard InChI is InChI=1S/C19H12F2N4O3/c20-19(21)27-15-7-3-13(4-8-15)17-24-16(18(26)28-17)9-12-1-5-14(6-2-12)25-11-22-10-23-25/h1-11,19H/b16-9-. The predicted molar refractivity (Wildman–Crippen MR) is 95.0 cm³/mol. The molecule has 0 saturated carbocycles. The van der Waals surface area contributed by atoms with Crippen LogP contribution in [0.1, 0.15) is 11.1 Å². The largest absolute Gasteiger partial charge is 0.435 e. The van der Waals surface area contributed by atoms with Crippen molar-refractivity contribution in [3.63, 3.8) is 0 Å². The number of alkyl halides is 2. The Morgan fingerprint density at radius 3 is 2.46 bits per heavy atom. The Morgan fingerprint density at radius 1 is 1.07 bits per heavy atom. The number of esters is 1. The second-order valence-electron chi connectivity index (χ2n) is 5.67. The Bertz CT molecular complexity index is 1040. The third kappa shape index (κ3) is 3.78. The SMILES string of the molecule is O=C1OC(c2ccc(OC(F)F)cc2)=N/C1=C\c1ccc(-n2cncn2)cc1. The molecule has 0 fully saturated rings. The van der Waals surface area contributed by atoms with Crippen LogP contribution in [-0.2, 0) is 9.53 Å². The number of aliphatic imine (C=N–C) groups is 1. The van der Waals surface area contributed by atoms with Crippen LogP contribution in [0, 0.1) is 0 Å². The van der Waals surface area contributed by atoms with Gasteiger partial charge in [0.05, 0.1) is 5.69 Å². The maximum atomic E-state index is 12.2. The van der Waals surface area contributed by atoms with Gasteiger partial charge in [0.2, 0.25) is 5.90 Å².